The van der Waals surface area contributed by atoms with E-state index >= 15 is 0 Å². The summed E-state index contributed by atoms with van der Waals surface area (Å²) < 4.78 is 12.0. The maximum atomic E-state index is 12.2. The van der Waals surface area contributed by atoms with Gasteiger partial charge in [0.05, 0.1) is 20.1 Å². The van der Waals surface area contributed by atoms with E-state index in [2.05, 4.69) is 35.7 Å². The molecule has 6 rings (SSSR count). The lowest BCUT2D eigenvalue weighted by Crippen LogP contribution is -2.42. The molecule has 55 heavy (non-hydrogen) atoms. The summed E-state index contributed by atoms with van der Waals surface area (Å²) in [6, 6.07) is 10.6. The summed E-state index contributed by atoms with van der Waals surface area (Å²) in [5, 5.41) is 14.5. The first-order valence-electron chi connectivity index (χ1n) is 17.6. The van der Waals surface area contributed by atoms with E-state index in [1.54, 1.807) is 35.0 Å². The van der Waals surface area contributed by atoms with Gasteiger partial charge >= 0.3 is 0 Å². The van der Waals surface area contributed by atoms with Gasteiger partial charge in [-0.15, -0.1) is 22.7 Å². The molecule has 3 amide bonds. The van der Waals surface area contributed by atoms with Crippen molar-refractivity contribution in [3.8, 4) is 11.5 Å². The number of piperidine rings is 2. The predicted octanol–water partition coefficient (Wildman–Crippen LogP) is 6.99. The number of benzene rings is 2. The first kappa shape index (κ1) is 42.7. The number of nitrogens with two attached hydrogens (primary N) is 1. The first-order valence-corrected chi connectivity index (χ1v) is 20.9. The van der Waals surface area contributed by atoms with Gasteiger partial charge in [-0.1, -0.05) is 46.4 Å². The van der Waals surface area contributed by atoms with Gasteiger partial charge in [0.15, 0.2) is 10.3 Å². The second-order valence-electron chi connectivity index (χ2n) is 12.8. The number of amides is 3. The SMILES string of the molecule is CC(=O)Nc1nc(C(=O)NCCN2CCC(Oc3ccc(Cl)c(Cl)c3)CC2)cs1.Nc1nc(C(=O)NCCN2CCC(Oc3ccc(Cl)c(Cl)c3)CC2)cs1. The Labute approximate surface area is 347 Å². The van der Waals surface area contributed by atoms with Gasteiger partial charge in [0.25, 0.3) is 11.8 Å². The number of thiazole rings is 2. The number of anilines is 2. The van der Waals surface area contributed by atoms with Crippen molar-refractivity contribution in [2.24, 2.45) is 0 Å². The number of hydrogen-bond acceptors (Lipinski definition) is 12. The minimum absolute atomic E-state index is 0.139. The van der Waals surface area contributed by atoms with Crippen molar-refractivity contribution in [1.29, 1.82) is 0 Å². The highest BCUT2D eigenvalue weighted by Gasteiger charge is 2.22. The zero-order valence-electron chi connectivity index (χ0n) is 30.0. The van der Waals surface area contributed by atoms with Crippen molar-refractivity contribution in [2.45, 2.75) is 44.8 Å². The van der Waals surface area contributed by atoms with Crippen LogP contribution in [-0.4, -0.2) is 102 Å². The predicted molar refractivity (Wildman–Crippen MR) is 221 cm³/mol. The third-order valence-electron chi connectivity index (χ3n) is 8.66. The quantitative estimate of drug-likeness (QED) is 0.110. The first-order chi connectivity index (χ1) is 26.4. The molecule has 0 saturated carbocycles. The number of rotatable bonds is 13. The number of carbonyl (C=O) groups is 3. The van der Waals surface area contributed by atoms with Crippen LogP contribution in [0.25, 0.3) is 0 Å². The van der Waals surface area contributed by atoms with Crippen LogP contribution in [0.2, 0.25) is 20.1 Å². The average Bonchev–Trinajstić information content (AvgIpc) is 3.82. The summed E-state index contributed by atoms with van der Waals surface area (Å²) in [7, 11) is 0. The fourth-order valence-electron chi connectivity index (χ4n) is 5.80. The highest BCUT2D eigenvalue weighted by atomic mass is 35.5. The number of ether oxygens (including phenoxy) is 2. The number of nitrogens with zero attached hydrogens (tertiary/aromatic N) is 4. The average molecular weight is 873 g/mol. The van der Waals surface area contributed by atoms with Crippen LogP contribution in [0.1, 0.15) is 53.6 Å². The molecule has 2 saturated heterocycles. The van der Waals surface area contributed by atoms with Crippen molar-refractivity contribution >= 4 is 97.1 Å². The largest absolute Gasteiger partial charge is 0.490 e. The number of likely N-dealkylation sites (tertiary alicyclic amines) is 2. The third-order valence-corrected chi connectivity index (χ3v) is 11.6. The molecule has 2 aliphatic rings. The topological polar surface area (TPSA) is 164 Å². The molecule has 0 spiro atoms. The molecule has 2 aromatic carbocycles. The van der Waals surface area contributed by atoms with E-state index in [0.29, 0.717) is 54.8 Å². The normalized spacial score (nSPS) is 15.4. The summed E-state index contributed by atoms with van der Waals surface area (Å²) in [6.45, 7) is 7.70. The molecule has 5 N–H and O–H groups in total. The van der Waals surface area contributed by atoms with Crippen LogP contribution in [0, 0.1) is 0 Å². The Kier molecular flexibility index (Phi) is 16.5. The number of halogens is 4. The Hall–Kier alpha value is -3.41. The molecule has 4 heterocycles. The Balaban J connectivity index is 0.000000212. The lowest BCUT2D eigenvalue weighted by atomic mass is 10.1. The van der Waals surface area contributed by atoms with Crippen LogP contribution in [0.15, 0.2) is 47.2 Å². The highest BCUT2D eigenvalue weighted by molar-refractivity contribution is 7.14. The Morgan fingerprint density at radius 2 is 1.18 bits per heavy atom. The summed E-state index contributed by atoms with van der Waals surface area (Å²) in [5.74, 6) is 0.837. The molecule has 2 aliphatic heterocycles. The Morgan fingerprint density at radius 3 is 1.60 bits per heavy atom. The molecule has 2 fully saturated rings. The van der Waals surface area contributed by atoms with E-state index in [9.17, 15) is 14.4 Å². The fraction of sp³-hybridized carbons (Fsp3) is 0.417. The number of nitrogen functional groups attached to an aromatic ring is 1. The van der Waals surface area contributed by atoms with Gasteiger partial charge < -0.3 is 41.0 Å². The maximum Gasteiger partial charge on any atom is 0.270 e. The molecule has 0 atom stereocenters. The summed E-state index contributed by atoms with van der Waals surface area (Å²) in [6.07, 6.45) is 3.96. The lowest BCUT2D eigenvalue weighted by Gasteiger charge is -2.32. The minimum atomic E-state index is -0.240. The van der Waals surface area contributed by atoms with Gasteiger partial charge in [0.1, 0.15) is 35.1 Å². The van der Waals surface area contributed by atoms with Gasteiger partial charge in [-0.05, 0) is 49.9 Å². The van der Waals surface area contributed by atoms with Crippen LogP contribution in [0.3, 0.4) is 0 Å². The number of nitrogens with one attached hydrogen (secondary N) is 3. The van der Waals surface area contributed by atoms with Crippen molar-refractivity contribution < 1.29 is 23.9 Å². The molecule has 2 aromatic heterocycles. The smallest absolute Gasteiger partial charge is 0.270 e. The number of hydrogen-bond donors (Lipinski definition) is 4. The molecule has 0 bridgehead atoms. The van der Waals surface area contributed by atoms with Gasteiger partial charge in [0, 0.05) is 82.2 Å². The van der Waals surface area contributed by atoms with Crippen LogP contribution in [0.5, 0.6) is 11.5 Å². The molecular formula is C36H42Cl4N8O5S2. The second kappa shape index (κ2) is 21.2. The van der Waals surface area contributed by atoms with Gasteiger partial charge in [-0.25, -0.2) is 9.97 Å². The van der Waals surface area contributed by atoms with E-state index < -0.39 is 0 Å². The number of carbonyl (C=O) groups excluding carboxylic acids is 3. The molecule has 4 aromatic rings. The van der Waals surface area contributed by atoms with E-state index in [1.165, 1.54) is 29.6 Å². The fourth-order valence-corrected chi connectivity index (χ4v) is 7.66. The van der Waals surface area contributed by atoms with Crippen LogP contribution in [0.4, 0.5) is 10.3 Å². The van der Waals surface area contributed by atoms with Gasteiger partial charge in [-0.2, -0.15) is 0 Å². The molecule has 0 unspecified atom stereocenters. The molecule has 0 aliphatic carbocycles. The van der Waals surface area contributed by atoms with Crippen LogP contribution in [-0.2, 0) is 4.79 Å². The highest BCUT2D eigenvalue weighted by Crippen LogP contribution is 2.29. The second-order valence-corrected chi connectivity index (χ2v) is 16.1. The zero-order chi connectivity index (χ0) is 39.3. The monoisotopic (exact) mass is 870 g/mol. The van der Waals surface area contributed by atoms with Gasteiger partial charge in [-0.3, -0.25) is 14.4 Å². The molecule has 0 radical (unpaired) electrons. The van der Waals surface area contributed by atoms with E-state index in [-0.39, 0.29) is 29.9 Å². The van der Waals surface area contributed by atoms with E-state index in [0.717, 1.165) is 76.5 Å². The van der Waals surface area contributed by atoms with Gasteiger partial charge in [0.2, 0.25) is 5.91 Å². The summed E-state index contributed by atoms with van der Waals surface area (Å²) in [4.78, 5) is 47.8. The Morgan fingerprint density at radius 1 is 0.727 bits per heavy atom. The molecule has 296 valence electrons. The number of aromatic nitrogens is 2. The van der Waals surface area contributed by atoms with Crippen LogP contribution < -0.4 is 31.2 Å². The molecular weight excluding hydrogens is 830 g/mol. The summed E-state index contributed by atoms with van der Waals surface area (Å²) in [5.41, 5.74) is 6.23. The van der Waals surface area contributed by atoms with Crippen molar-refractivity contribution in [1.82, 2.24) is 30.4 Å². The minimum Gasteiger partial charge on any atom is -0.490 e. The Bertz CT molecular complexity index is 1900. The third kappa shape index (κ3) is 13.9. The summed E-state index contributed by atoms with van der Waals surface area (Å²) >= 11 is 26.4. The van der Waals surface area contributed by atoms with Crippen molar-refractivity contribution in [3.63, 3.8) is 0 Å². The van der Waals surface area contributed by atoms with E-state index in [1.807, 2.05) is 12.1 Å². The zero-order valence-corrected chi connectivity index (χ0v) is 34.7. The van der Waals surface area contributed by atoms with Crippen molar-refractivity contribution in [2.75, 3.05) is 63.4 Å². The van der Waals surface area contributed by atoms with E-state index in [4.69, 9.17) is 61.6 Å². The van der Waals surface area contributed by atoms with Crippen molar-refractivity contribution in [3.05, 3.63) is 78.6 Å². The van der Waals surface area contributed by atoms with Crippen LogP contribution >= 0.6 is 69.1 Å². The lowest BCUT2D eigenvalue weighted by molar-refractivity contribution is -0.114. The standard InChI is InChI=1S/C19H22Cl2N4O3S.C17H20Cl2N4O2S/c1-12(26)23-19-24-17(11-29-19)18(27)22-6-9-25-7-4-13(5-8-25)28-14-2-3-15(20)16(21)10-14;18-13-2-1-12(9-14(13)19)25-11-3-6-23(7-4-11)8-5-21-16(24)15-10-26-17(20)22-15/h2-3,10-11,13H,4-9H2,1H3,(H,22,27)(H,23,24,26);1-2,9-11H,3-8H2,(H2,20,22)(H,21,24). The molecule has 19 heteroatoms. The maximum absolute atomic E-state index is 12.2. The molecule has 13 nitrogen and oxygen atoms in total.